The van der Waals surface area contributed by atoms with Gasteiger partial charge in [0, 0.05) is 26.6 Å². The highest BCUT2D eigenvalue weighted by Crippen LogP contribution is 2.16. The Balaban J connectivity index is 0.000000437. The summed E-state index contributed by atoms with van der Waals surface area (Å²) in [4.78, 5) is 0. The van der Waals surface area contributed by atoms with Crippen LogP contribution >= 0.6 is 0 Å². The largest absolute Gasteiger partial charge is 0.673 e. The van der Waals surface area contributed by atoms with Crippen molar-refractivity contribution >= 4 is 7.25 Å². The van der Waals surface area contributed by atoms with Crippen LogP contribution in [0.2, 0.25) is 0 Å². The van der Waals surface area contributed by atoms with Gasteiger partial charge in [-0.2, -0.15) is 0 Å². The maximum Gasteiger partial charge on any atom is 0.673 e. The van der Waals surface area contributed by atoms with E-state index in [2.05, 4.69) is 7.05 Å². The molecule has 1 heterocycles. The Hall–Kier alpha value is -0.295. The molecule has 0 radical (unpaired) electrons. The Morgan fingerprint density at radius 1 is 1.06 bits per heavy atom. The highest BCUT2D eigenvalue weighted by atomic mass is 19.5. The second-order valence-electron chi connectivity index (χ2n) is 4.69. The number of halogens is 4. The molecule has 1 fully saturated rings. The Kier molecular flexibility index (Phi) is 7.78. The van der Waals surface area contributed by atoms with Crippen LogP contribution in [0.4, 0.5) is 17.3 Å². The minimum atomic E-state index is -6.00. The molecular weight excluding hydrogens is 237 g/mol. The molecule has 2 nitrogen and oxygen atoms in total. The van der Waals surface area contributed by atoms with Gasteiger partial charge in [-0.3, -0.25) is 0 Å². The third kappa shape index (κ3) is 12.0. The molecule has 0 aromatic carbocycles. The van der Waals surface area contributed by atoms with Gasteiger partial charge in [0.25, 0.3) is 0 Å². The Labute approximate surface area is 101 Å². The number of likely N-dealkylation sites (tertiary alicyclic amines) is 1. The van der Waals surface area contributed by atoms with Crippen molar-refractivity contribution in [2.24, 2.45) is 0 Å². The quantitative estimate of drug-likeness (QED) is 0.319. The van der Waals surface area contributed by atoms with Gasteiger partial charge in [-0.1, -0.05) is 0 Å². The van der Waals surface area contributed by atoms with E-state index in [1.165, 1.54) is 49.8 Å². The molecule has 0 saturated carbocycles. The van der Waals surface area contributed by atoms with Gasteiger partial charge in [-0.05, 0) is 12.8 Å². The van der Waals surface area contributed by atoms with Gasteiger partial charge in [0.2, 0.25) is 0 Å². The molecule has 104 valence electrons. The summed E-state index contributed by atoms with van der Waals surface area (Å²) < 4.78 is 45.3. The number of hydrogen-bond acceptors (Lipinski definition) is 1. The second-order valence-corrected chi connectivity index (χ2v) is 4.69. The van der Waals surface area contributed by atoms with Crippen LogP contribution in [0.1, 0.15) is 25.7 Å². The predicted octanol–water partition coefficient (Wildman–Crippen LogP) is 2.95. The molecule has 1 saturated heterocycles. The van der Waals surface area contributed by atoms with E-state index >= 15 is 0 Å². The Morgan fingerprint density at radius 2 is 1.53 bits per heavy atom. The highest BCUT2D eigenvalue weighted by molar-refractivity contribution is 6.50. The molecule has 0 N–H and O–H groups in total. The zero-order chi connectivity index (χ0) is 13.4. The van der Waals surface area contributed by atoms with Crippen molar-refractivity contribution in [1.29, 1.82) is 0 Å². The monoisotopic (exact) mass is 259 g/mol. The van der Waals surface area contributed by atoms with Gasteiger partial charge in [-0.15, -0.1) is 0 Å². The van der Waals surface area contributed by atoms with Crippen LogP contribution in [0, 0.1) is 0 Å². The lowest BCUT2D eigenvalue weighted by molar-refractivity contribution is -0.897. The molecule has 0 atom stereocenters. The lowest BCUT2D eigenvalue weighted by Gasteiger charge is -2.28. The summed E-state index contributed by atoms with van der Waals surface area (Å²) in [7, 11) is -1.83. The molecule has 1 rings (SSSR count). The zero-order valence-electron chi connectivity index (χ0n) is 10.6. The molecule has 0 aliphatic carbocycles. The fourth-order valence-corrected chi connectivity index (χ4v) is 2.06. The molecule has 0 spiro atoms. The Morgan fingerprint density at radius 3 is 1.94 bits per heavy atom. The van der Waals surface area contributed by atoms with Crippen LogP contribution in [0.3, 0.4) is 0 Å². The molecule has 17 heavy (non-hydrogen) atoms. The first-order chi connectivity index (χ1) is 7.77. The van der Waals surface area contributed by atoms with Gasteiger partial charge in [0.1, 0.15) is 0 Å². The van der Waals surface area contributed by atoms with Crippen LogP contribution in [-0.4, -0.2) is 52.1 Å². The van der Waals surface area contributed by atoms with E-state index in [1.807, 2.05) is 0 Å². The number of methoxy groups -OCH3 is 1. The fraction of sp³-hybridized carbons (Fsp3) is 1.00. The first-order valence-corrected chi connectivity index (χ1v) is 5.97. The van der Waals surface area contributed by atoms with Crippen molar-refractivity contribution in [2.75, 3.05) is 40.4 Å². The van der Waals surface area contributed by atoms with Crippen LogP contribution in [-0.2, 0) is 4.74 Å². The SMILES string of the molecule is COCCCC[N+]1(C)CCCC1.F[B-](F)(F)F. The predicted molar refractivity (Wildman–Crippen MR) is 61.3 cm³/mol. The fourth-order valence-electron chi connectivity index (χ4n) is 2.06. The topological polar surface area (TPSA) is 9.23 Å². The Bertz CT molecular complexity index is 189. The summed E-state index contributed by atoms with van der Waals surface area (Å²) in [5.41, 5.74) is 0. The zero-order valence-corrected chi connectivity index (χ0v) is 10.6. The lowest BCUT2D eigenvalue weighted by atomic mass is 10.3. The molecule has 0 bridgehead atoms. The van der Waals surface area contributed by atoms with Gasteiger partial charge in [0.15, 0.2) is 0 Å². The van der Waals surface area contributed by atoms with Crippen molar-refractivity contribution in [1.82, 2.24) is 0 Å². The van der Waals surface area contributed by atoms with Gasteiger partial charge < -0.3 is 26.5 Å². The van der Waals surface area contributed by atoms with E-state index in [1.54, 1.807) is 7.11 Å². The smallest absolute Gasteiger partial charge is 0.418 e. The molecule has 7 heteroatoms. The second kappa shape index (κ2) is 7.92. The molecule has 0 unspecified atom stereocenters. The summed E-state index contributed by atoms with van der Waals surface area (Å²) >= 11 is 0. The van der Waals surface area contributed by atoms with Crippen molar-refractivity contribution < 1.29 is 26.5 Å². The third-order valence-electron chi connectivity index (χ3n) is 2.94. The van der Waals surface area contributed by atoms with E-state index in [0.717, 1.165) is 6.61 Å². The van der Waals surface area contributed by atoms with E-state index in [9.17, 15) is 17.3 Å². The summed E-state index contributed by atoms with van der Waals surface area (Å²) in [6.07, 6.45) is 5.41. The lowest BCUT2D eigenvalue weighted by Crippen LogP contribution is -2.41. The average molecular weight is 259 g/mol. The van der Waals surface area contributed by atoms with Crippen molar-refractivity contribution in [3.05, 3.63) is 0 Å². The number of unbranched alkanes of at least 4 members (excludes halogenated alkanes) is 1. The van der Waals surface area contributed by atoms with E-state index in [-0.39, 0.29) is 0 Å². The number of hydrogen-bond donors (Lipinski definition) is 0. The van der Waals surface area contributed by atoms with Crippen LogP contribution in [0.25, 0.3) is 0 Å². The third-order valence-corrected chi connectivity index (χ3v) is 2.94. The summed E-state index contributed by atoms with van der Waals surface area (Å²) in [5, 5.41) is 0. The maximum absolute atomic E-state index is 9.75. The average Bonchev–Trinajstić information content (AvgIpc) is 2.58. The molecule has 1 aliphatic heterocycles. The maximum atomic E-state index is 9.75. The number of ether oxygens (including phenoxy) is 1. The highest BCUT2D eigenvalue weighted by Gasteiger charge is 2.25. The van der Waals surface area contributed by atoms with Crippen LogP contribution in [0.5, 0.6) is 0 Å². The van der Waals surface area contributed by atoms with Crippen LogP contribution < -0.4 is 0 Å². The van der Waals surface area contributed by atoms with E-state index in [0.29, 0.717) is 0 Å². The minimum absolute atomic E-state index is 0.931. The summed E-state index contributed by atoms with van der Waals surface area (Å²) in [5.74, 6) is 0. The normalized spacial score (nSPS) is 18.7. The minimum Gasteiger partial charge on any atom is -0.418 e. The molecule has 0 aromatic rings. The number of quaternary nitrogens is 1. The molecule has 1 aliphatic rings. The molecular formula is C10H22BF4NO. The van der Waals surface area contributed by atoms with E-state index < -0.39 is 7.25 Å². The van der Waals surface area contributed by atoms with E-state index in [4.69, 9.17) is 4.74 Å². The van der Waals surface area contributed by atoms with Gasteiger partial charge >= 0.3 is 7.25 Å². The summed E-state index contributed by atoms with van der Waals surface area (Å²) in [6, 6.07) is 0. The standard InChI is InChI=1S/C10H22NO.BF4/c1-11(7-3-4-8-11)9-5-6-10-12-2;2-1(3,4)5/h3-10H2,1-2H3;/q+1;-1. The van der Waals surface area contributed by atoms with Crippen molar-refractivity contribution in [3.63, 3.8) is 0 Å². The first-order valence-electron chi connectivity index (χ1n) is 5.97. The van der Waals surface area contributed by atoms with Crippen molar-refractivity contribution in [2.45, 2.75) is 25.7 Å². The van der Waals surface area contributed by atoms with Gasteiger partial charge in [-0.25, -0.2) is 0 Å². The molecule has 0 aromatic heterocycles. The van der Waals surface area contributed by atoms with Gasteiger partial charge in [0.05, 0.1) is 26.7 Å². The molecule has 0 amide bonds. The first kappa shape index (κ1) is 16.7. The summed E-state index contributed by atoms with van der Waals surface area (Å²) in [6.45, 7) is 5.07. The van der Waals surface area contributed by atoms with Crippen LogP contribution in [0.15, 0.2) is 0 Å². The number of nitrogens with zero attached hydrogens (tertiary/aromatic N) is 1. The number of rotatable bonds is 5. The van der Waals surface area contributed by atoms with Crippen molar-refractivity contribution in [3.8, 4) is 0 Å².